The van der Waals surface area contributed by atoms with Crippen LogP contribution in [0.5, 0.6) is 5.75 Å². The Morgan fingerprint density at radius 2 is 1.28 bits per heavy atom. The zero-order chi connectivity index (χ0) is 23.3. The quantitative estimate of drug-likeness (QED) is 0.525. The van der Waals surface area contributed by atoms with Crippen LogP contribution in [-0.4, -0.2) is 26.0 Å². The molecule has 0 saturated heterocycles. The van der Waals surface area contributed by atoms with E-state index in [1.165, 1.54) is 0 Å². The normalized spacial score (nSPS) is 11.0. The summed E-state index contributed by atoms with van der Waals surface area (Å²) in [6.45, 7) is 5.85. The van der Waals surface area contributed by atoms with E-state index in [-0.39, 0.29) is 11.8 Å². The molecule has 3 aromatic carbocycles. The summed E-state index contributed by atoms with van der Waals surface area (Å²) >= 11 is 0. The molecule has 0 radical (unpaired) electrons. The molecule has 2 N–H and O–H groups in total. The third-order valence-electron chi connectivity index (χ3n) is 5.38. The van der Waals surface area contributed by atoms with Gasteiger partial charge in [0.15, 0.2) is 0 Å². The van der Waals surface area contributed by atoms with Gasteiger partial charge in [0.2, 0.25) is 0 Å². The van der Waals surface area contributed by atoms with Crippen LogP contribution in [0, 0.1) is 6.92 Å². The molecule has 3 aromatic rings. The molecule has 2 amide bonds. The fourth-order valence-electron chi connectivity index (χ4n) is 3.14. The Bertz CT molecular complexity index is 1100. The van der Waals surface area contributed by atoms with Crippen LogP contribution in [0.4, 0.5) is 11.4 Å². The zero-order valence-corrected chi connectivity index (χ0v) is 19.0. The second kappa shape index (κ2) is 9.66. The molecule has 0 saturated carbocycles. The average Bonchev–Trinajstić information content (AvgIpc) is 2.80. The first-order chi connectivity index (χ1) is 15.2. The van der Waals surface area contributed by atoms with Crippen LogP contribution < -0.4 is 15.4 Å². The van der Waals surface area contributed by atoms with Crippen molar-refractivity contribution >= 4 is 23.2 Å². The van der Waals surface area contributed by atoms with Crippen LogP contribution in [-0.2, 0) is 10.3 Å². The van der Waals surface area contributed by atoms with Crippen LogP contribution in [0.3, 0.4) is 0 Å². The van der Waals surface area contributed by atoms with Gasteiger partial charge >= 0.3 is 0 Å². The molecule has 0 aliphatic rings. The molecule has 0 fully saturated rings. The Morgan fingerprint density at radius 3 is 1.81 bits per heavy atom. The largest absolute Gasteiger partial charge is 0.497 e. The molecule has 6 heteroatoms. The van der Waals surface area contributed by atoms with E-state index in [4.69, 9.17) is 9.47 Å². The van der Waals surface area contributed by atoms with Gasteiger partial charge in [0, 0.05) is 18.2 Å². The first-order valence-electron chi connectivity index (χ1n) is 10.3. The van der Waals surface area contributed by atoms with E-state index >= 15 is 0 Å². The van der Waals surface area contributed by atoms with E-state index in [2.05, 4.69) is 10.6 Å². The number of hydrogen-bond donors (Lipinski definition) is 2. The Kier molecular flexibility index (Phi) is 6.95. The summed E-state index contributed by atoms with van der Waals surface area (Å²) in [5, 5.41) is 5.78. The zero-order valence-electron chi connectivity index (χ0n) is 19.0. The van der Waals surface area contributed by atoms with Gasteiger partial charge in [0.1, 0.15) is 5.75 Å². The van der Waals surface area contributed by atoms with Gasteiger partial charge in [-0.3, -0.25) is 9.59 Å². The highest BCUT2D eigenvalue weighted by Gasteiger charge is 2.20. The average molecular weight is 433 g/mol. The maximum atomic E-state index is 12.8. The monoisotopic (exact) mass is 432 g/mol. The maximum Gasteiger partial charge on any atom is 0.255 e. The summed E-state index contributed by atoms with van der Waals surface area (Å²) in [5.74, 6) is 0.125. The number of benzene rings is 3. The van der Waals surface area contributed by atoms with Crippen LogP contribution >= 0.6 is 0 Å². The van der Waals surface area contributed by atoms with Gasteiger partial charge < -0.3 is 20.1 Å². The number of anilines is 2. The van der Waals surface area contributed by atoms with Gasteiger partial charge in [-0.1, -0.05) is 18.2 Å². The summed E-state index contributed by atoms with van der Waals surface area (Å²) in [6, 6.07) is 19.6. The van der Waals surface area contributed by atoms with Gasteiger partial charge in [-0.25, -0.2) is 0 Å². The molecule has 166 valence electrons. The van der Waals surface area contributed by atoms with Gasteiger partial charge in [0.25, 0.3) is 11.8 Å². The Morgan fingerprint density at radius 1 is 0.750 bits per heavy atom. The fraction of sp³-hybridized carbons (Fsp3) is 0.231. The minimum atomic E-state index is -0.440. The van der Waals surface area contributed by atoms with E-state index in [0.29, 0.717) is 28.3 Å². The molecule has 32 heavy (non-hydrogen) atoms. The predicted molar refractivity (Wildman–Crippen MR) is 127 cm³/mol. The smallest absolute Gasteiger partial charge is 0.255 e. The molecule has 0 spiro atoms. The molecule has 0 unspecified atom stereocenters. The highest BCUT2D eigenvalue weighted by molar-refractivity contribution is 6.10. The Labute approximate surface area is 188 Å². The summed E-state index contributed by atoms with van der Waals surface area (Å²) in [5.41, 5.74) is 3.53. The number of rotatable bonds is 7. The van der Waals surface area contributed by atoms with Crippen LogP contribution in [0.1, 0.15) is 45.7 Å². The first kappa shape index (κ1) is 23.0. The third kappa shape index (κ3) is 5.34. The summed E-state index contributed by atoms with van der Waals surface area (Å²) in [4.78, 5) is 25.6. The highest BCUT2D eigenvalue weighted by atomic mass is 16.5. The second-order valence-electron chi connectivity index (χ2n) is 7.98. The summed E-state index contributed by atoms with van der Waals surface area (Å²) in [7, 11) is 3.22. The molecule has 0 bridgehead atoms. The molecule has 0 aliphatic carbocycles. The second-order valence-corrected chi connectivity index (χ2v) is 7.98. The van der Waals surface area contributed by atoms with Gasteiger partial charge in [-0.05, 0) is 80.4 Å². The number of aryl methyl sites for hydroxylation is 1. The predicted octanol–water partition coefficient (Wildman–Crippen LogP) is 5.39. The molecule has 0 atom stereocenters. The van der Waals surface area contributed by atoms with Gasteiger partial charge in [-0.15, -0.1) is 0 Å². The highest BCUT2D eigenvalue weighted by Crippen LogP contribution is 2.26. The lowest BCUT2D eigenvalue weighted by Crippen LogP contribution is -2.20. The molecule has 0 aliphatic heterocycles. The van der Waals surface area contributed by atoms with Crippen molar-refractivity contribution in [2.45, 2.75) is 26.4 Å². The molecular weight excluding hydrogens is 404 g/mol. The molecule has 0 aromatic heterocycles. The van der Waals surface area contributed by atoms with Crippen molar-refractivity contribution in [3.63, 3.8) is 0 Å². The first-order valence-corrected chi connectivity index (χ1v) is 10.3. The third-order valence-corrected chi connectivity index (χ3v) is 5.38. The summed E-state index contributed by atoms with van der Waals surface area (Å²) in [6.07, 6.45) is 0. The molecule has 0 heterocycles. The van der Waals surface area contributed by atoms with Crippen molar-refractivity contribution in [1.29, 1.82) is 0 Å². The number of methoxy groups -OCH3 is 2. The maximum absolute atomic E-state index is 12.8. The lowest BCUT2D eigenvalue weighted by molar-refractivity contribution is 0.0192. The minimum absolute atomic E-state index is 0.268. The number of carbonyl (C=O) groups excluding carboxylic acids is 2. The number of carbonyl (C=O) groups is 2. The lowest BCUT2D eigenvalue weighted by atomic mass is 9.97. The minimum Gasteiger partial charge on any atom is -0.497 e. The van der Waals surface area contributed by atoms with Crippen molar-refractivity contribution in [2.24, 2.45) is 0 Å². The number of nitrogens with one attached hydrogen (secondary N) is 2. The van der Waals surface area contributed by atoms with E-state index < -0.39 is 5.60 Å². The van der Waals surface area contributed by atoms with E-state index in [9.17, 15) is 9.59 Å². The van der Waals surface area contributed by atoms with E-state index in [1.807, 2.05) is 45.0 Å². The van der Waals surface area contributed by atoms with Crippen molar-refractivity contribution in [1.82, 2.24) is 0 Å². The summed E-state index contributed by atoms with van der Waals surface area (Å²) < 4.78 is 10.6. The van der Waals surface area contributed by atoms with Crippen LogP contribution in [0.2, 0.25) is 0 Å². The van der Waals surface area contributed by atoms with Gasteiger partial charge in [0.05, 0.1) is 24.1 Å². The molecule has 3 rings (SSSR count). The fourth-order valence-corrected chi connectivity index (χ4v) is 3.14. The Balaban J connectivity index is 1.78. The molecular formula is C26H28N2O4. The number of hydrogen-bond acceptors (Lipinski definition) is 4. The van der Waals surface area contributed by atoms with E-state index in [1.54, 1.807) is 56.7 Å². The van der Waals surface area contributed by atoms with Crippen molar-refractivity contribution in [3.8, 4) is 5.75 Å². The van der Waals surface area contributed by atoms with Crippen molar-refractivity contribution in [3.05, 3.63) is 89.0 Å². The van der Waals surface area contributed by atoms with Crippen LogP contribution in [0.15, 0.2) is 66.7 Å². The standard InChI is InChI=1S/C26H28N2O4/c1-17-6-15-22(23(16-17)28-25(30)19-9-13-21(31-4)14-10-19)27-24(29)18-7-11-20(12-8-18)26(2,3)32-5/h6-16H,1-5H3,(H,27,29)(H,28,30). The van der Waals surface area contributed by atoms with Crippen molar-refractivity contribution < 1.29 is 19.1 Å². The topological polar surface area (TPSA) is 76.7 Å². The van der Waals surface area contributed by atoms with Crippen molar-refractivity contribution in [2.75, 3.05) is 24.9 Å². The van der Waals surface area contributed by atoms with E-state index in [0.717, 1.165) is 11.1 Å². The number of ether oxygens (including phenoxy) is 2. The molecule has 6 nitrogen and oxygen atoms in total. The lowest BCUT2D eigenvalue weighted by Gasteiger charge is -2.23. The Hall–Kier alpha value is -3.64. The van der Waals surface area contributed by atoms with Crippen LogP contribution in [0.25, 0.3) is 0 Å². The SMILES string of the molecule is COc1ccc(C(=O)Nc2cc(C)ccc2NC(=O)c2ccc(C(C)(C)OC)cc2)cc1. The number of amides is 2. The van der Waals surface area contributed by atoms with Gasteiger partial charge in [-0.2, -0.15) is 0 Å².